The lowest BCUT2D eigenvalue weighted by molar-refractivity contribution is 0.0954. The van der Waals surface area contributed by atoms with Crippen LogP contribution >= 0.6 is 0 Å². The van der Waals surface area contributed by atoms with Gasteiger partial charge in [0.15, 0.2) is 0 Å². The first-order valence-corrected chi connectivity index (χ1v) is 9.29. The van der Waals surface area contributed by atoms with E-state index in [0.29, 0.717) is 18.7 Å². The van der Waals surface area contributed by atoms with Gasteiger partial charge in [-0.15, -0.1) is 0 Å². The van der Waals surface area contributed by atoms with Gasteiger partial charge in [0.05, 0.1) is 18.4 Å². The lowest BCUT2D eigenvalue weighted by atomic mass is 10.1. The van der Waals surface area contributed by atoms with E-state index in [9.17, 15) is 4.79 Å². The van der Waals surface area contributed by atoms with Crippen LogP contribution in [0.25, 0.3) is 0 Å². The second kappa shape index (κ2) is 9.55. The Morgan fingerprint density at radius 2 is 1.86 bits per heavy atom. The number of benzene rings is 2. The van der Waals surface area contributed by atoms with Gasteiger partial charge in [0.2, 0.25) is 0 Å². The number of carbonyl (C=O) groups is 1. The summed E-state index contributed by atoms with van der Waals surface area (Å²) in [5, 5.41) is 6.26. The van der Waals surface area contributed by atoms with Crippen LogP contribution in [0.4, 0.5) is 5.69 Å². The minimum Gasteiger partial charge on any atom is -0.497 e. The molecule has 2 aromatic carbocycles. The fourth-order valence-corrected chi connectivity index (χ4v) is 2.82. The zero-order valence-electron chi connectivity index (χ0n) is 16.2. The second-order valence-corrected chi connectivity index (χ2v) is 6.66. The summed E-state index contributed by atoms with van der Waals surface area (Å²) in [7, 11) is 1.65. The van der Waals surface area contributed by atoms with Gasteiger partial charge in [-0.3, -0.25) is 9.78 Å². The number of methoxy groups -OCH3 is 1. The number of aromatic nitrogens is 1. The molecule has 0 saturated carbocycles. The molecule has 1 heterocycles. The molecule has 5 heteroatoms. The van der Waals surface area contributed by atoms with Crippen molar-refractivity contribution in [2.75, 3.05) is 19.0 Å². The summed E-state index contributed by atoms with van der Waals surface area (Å²) in [5.74, 6) is 0.690. The number of hydrogen-bond donors (Lipinski definition) is 2. The SMILES string of the molecule is COc1cccc(CCNC(=O)c2cncc(NCc3ccc(C)cc3)c2)c1. The normalized spacial score (nSPS) is 10.4. The summed E-state index contributed by atoms with van der Waals surface area (Å²) >= 11 is 0. The molecule has 0 atom stereocenters. The van der Waals surface area contributed by atoms with Gasteiger partial charge >= 0.3 is 0 Å². The fraction of sp³-hybridized carbons (Fsp3) is 0.217. The van der Waals surface area contributed by atoms with E-state index in [1.54, 1.807) is 19.5 Å². The summed E-state index contributed by atoms with van der Waals surface area (Å²) < 4.78 is 5.22. The maximum Gasteiger partial charge on any atom is 0.252 e. The van der Waals surface area contributed by atoms with Gasteiger partial charge < -0.3 is 15.4 Å². The maximum atomic E-state index is 12.4. The van der Waals surface area contributed by atoms with E-state index in [-0.39, 0.29) is 5.91 Å². The third-order valence-electron chi connectivity index (χ3n) is 4.45. The number of pyridine rings is 1. The molecule has 0 unspecified atom stereocenters. The molecule has 2 N–H and O–H groups in total. The van der Waals surface area contributed by atoms with Crippen LogP contribution in [-0.2, 0) is 13.0 Å². The number of aryl methyl sites for hydroxylation is 1. The summed E-state index contributed by atoms with van der Waals surface area (Å²) in [6.07, 6.45) is 4.04. The average Bonchev–Trinajstić information content (AvgIpc) is 2.73. The van der Waals surface area contributed by atoms with E-state index in [4.69, 9.17) is 4.74 Å². The number of nitrogens with zero attached hydrogens (tertiary/aromatic N) is 1. The van der Waals surface area contributed by atoms with Crippen LogP contribution in [0, 0.1) is 6.92 Å². The van der Waals surface area contributed by atoms with Gasteiger partial charge in [-0.1, -0.05) is 42.0 Å². The first-order valence-electron chi connectivity index (χ1n) is 9.29. The highest BCUT2D eigenvalue weighted by atomic mass is 16.5. The molecule has 0 aliphatic carbocycles. The van der Waals surface area contributed by atoms with E-state index >= 15 is 0 Å². The maximum absolute atomic E-state index is 12.4. The Morgan fingerprint density at radius 3 is 2.64 bits per heavy atom. The quantitative estimate of drug-likeness (QED) is 0.625. The van der Waals surface area contributed by atoms with Gasteiger partial charge in [0.25, 0.3) is 5.91 Å². The Kier molecular flexibility index (Phi) is 6.63. The van der Waals surface area contributed by atoms with Crippen LogP contribution in [0.1, 0.15) is 27.0 Å². The molecular formula is C23H25N3O2. The average molecular weight is 375 g/mol. The predicted molar refractivity (Wildman–Crippen MR) is 112 cm³/mol. The summed E-state index contributed by atoms with van der Waals surface area (Å²) in [5.41, 5.74) is 4.89. The second-order valence-electron chi connectivity index (χ2n) is 6.66. The van der Waals surface area contributed by atoms with E-state index in [2.05, 4.69) is 46.8 Å². The highest BCUT2D eigenvalue weighted by Crippen LogP contribution is 2.13. The first kappa shape index (κ1) is 19.4. The molecule has 1 amide bonds. The number of ether oxygens (including phenoxy) is 1. The largest absolute Gasteiger partial charge is 0.497 e. The van der Waals surface area contributed by atoms with Gasteiger partial charge in [-0.05, 0) is 42.7 Å². The Labute approximate surface area is 165 Å². The minimum absolute atomic E-state index is 0.130. The standard InChI is InChI=1S/C23H25N3O2/c1-17-6-8-19(9-7-17)14-26-21-13-20(15-24-16-21)23(27)25-11-10-18-4-3-5-22(12-18)28-2/h3-9,12-13,15-16,26H,10-11,14H2,1-2H3,(H,25,27). The van der Waals surface area contributed by atoms with Crippen LogP contribution in [0.15, 0.2) is 67.0 Å². The Bertz CT molecular complexity index is 923. The molecule has 3 aromatic rings. The number of carbonyl (C=O) groups excluding carboxylic acids is 1. The minimum atomic E-state index is -0.130. The van der Waals surface area contributed by atoms with E-state index in [1.165, 1.54) is 11.1 Å². The number of anilines is 1. The predicted octanol–water partition coefficient (Wildman–Crippen LogP) is 3.98. The molecule has 0 fully saturated rings. The third kappa shape index (κ3) is 5.58. The third-order valence-corrected chi connectivity index (χ3v) is 4.45. The monoisotopic (exact) mass is 375 g/mol. The smallest absolute Gasteiger partial charge is 0.252 e. The molecule has 5 nitrogen and oxygen atoms in total. The highest BCUT2D eigenvalue weighted by molar-refractivity contribution is 5.94. The summed E-state index contributed by atoms with van der Waals surface area (Å²) in [6.45, 7) is 3.30. The molecule has 3 rings (SSSR count). The van der Waals surface area contributed by atoms with E-state index in [1.807, 2.05) is 30.3 Å². The number of hydrogen-bond acceptors (Lipinski definition) is 4. The van der Waals surface area contributed by atoms with Gasteiger partial charge in [-0.2, -0.15) is 0 Å². The van der Waals surface area contributed by atoms with Crippen molar-refractivity contribution >= 4 is 11.6 Å². The Hall–Kier alpha value is -3.34. The highest BCUT2D eigenvalue weighted by Gasteiger charge is 2.07. The molecule has 0 radical (unpaired) electrons. The molecular weight excluding hydrogens is 350 g/mol. The molecule has 0 bridgehead atoms. The molecule has 0 aliphatic heterocycles. The van der Waals surface area contributed by atoms with Crippen molar-refractivity contribution in [1.29, 1.82) is 0 Å². The van der Waals surface area contributed by atoms with E-state index in [0.717, 1.165) is 23.4 Å². The van der Waals surface area contributed by atoms with Crippen LogP contribution < -0.4 is 15.4 Å². The van der Waals surface area contributed by atoms with Crippen molar-refractivity contribution in [3.8, 4) is 5.75 Å². The van der Waals surface area contributed by atoms with Crippen molar-refractivity contribution in [2.45, 2.75) is 19.9 Å². The van der Waals surface area contributed by atoms with E-state index < -0.39 is 0 Å². The number of amides is 1. The van der Waals surface area contributed by atoms with Crippen LogP contribution in [0.3, 0.4) is 0 Å². The molecule has 1 aromatic heterocycles. The van der Waals surface area contributed by atoms with Crippen LogP contribution in [0.5, 0.6) is 5.75 Å². The molecule has 0 saturated heterocycles. The zero-order chi connectivity index (χ0) is 19.8. The van der Waals surface area contributed by atoms with Crippen molar-refractivity contribution in [3.05, 3.63) is 89.2 Å². The van der Waals surface area contributed by atoms with Crippen molar-refractivity contribution < 1.29 is 9.53 Å². The fourth-order valence-electron chi connectivity index (χ4n) is 2.82. The van der Waals surface area contributed by atoms with Crippen molar-refractivity contribution in [2.24, 2.45) is 0 Å². The molecule has 28 heavy (non-hydrogen) atoms. The number of nitrogens with one attached hydrogen (secondary N) is 2. The van der Waals surface area contributed by atoms with Gasteiger partial charge in [0.1, 0.15) is 5.75 Å². The Balaban J connectivity index is 1.52. The van der Waals surface area contributed by atoms with Crippen LogP contribution in [0.2, 0.25) is 0 Å². The molecule has 0 spiro atoms. The number of rotatable bonds is 8. The first-order chi connectivity index (χ1) is 13.6. The van der Waals surface area contributed by atoms with Gasteiger partial charge in [-0.25, -0.2) is 0 Å². The van der Waals surface area contributed by atoms with Crippen LogP contribution in [-0.4, -0.2) is 24.5 Å². The Morgan fingerprint density at radius 1 is 1.04 bits per heavy atom. The van der Waals surface area contributed by atoms with Crippen molar-refractivity contribution in [3.63, 3.8) is 0 Å². The summed E-state index contributed by atoms with van der Waals surface area (Å²) in [6, 6.07) is 18.0. The molecule has 144 valence electrons. The topological polar surface area (TPSA) is 63.2 Å². The summed E-state index contributed by atoms with van der Waals surface area (Å²) in [4.78, 5) is 16.6. The molecule has 0 aliphatic rings. The lowest BCUT2D eigenvalue weighted by Crippen LogP contribution is -2.25. The zero-order valence-corrected chi connectivity index (χ0v) is 16.2. The van der Waals surface area contributed by atoms with Crippen molar-refractivity contribution in [1.82, 2.24) is 10.3 Å². The van der Waals surface area contributed by atoms with Gasteiger partial charge in [0, 0.05) is 25.5 Å². The lowest BCUT2D eigenvalue weighted by Gasteiger charge is -2.09.